The monoisotopic (exact) mass is 372 g/mol. The van der Waals surface area contributed by atoms with Crippen LogP contribution in [0.2, 0.25) is 0 Å². The summed E-state index contributed by atoms with van der Waals surface area (Å²) in [4.78, 5) is 12.8. The molecular weight excluding hydrogens is 357 g/mol. The number of phenolic OH excluding ortho intramolecular Hbond substituents is 1. The van der Waals surface area contributed by atoms with Gasteiger partial charge in [0, 0.05) is 32.7 Å². The minimum atomic E-state index is -0.0312. The number of thiophene rings is 1. The normalized spacial score (nSPS) is 9.43. The predicted molar refractivity (Wildman–Crippen MR) is 83.5 cm³/mol. The fraction of sp³-hybridized carbons (Fsp3) is 0.118. The van der Waals surface area contributed by atoms with Crippen molar-refractivity contribution in [1.29, 1.82) is 0 Å². The number of benzene rings is 2. The van der Waals surface area contributed by atoms with E-state index in [1.165, 1.54) is 11.3 Å². The average molecular weight is 372 g/mol. The molecule has 2 aromatic carbocycles. The van der Waals surface area contributed by atoms with E-state index in [9.17, 15) is 9.90 Å². The minimum absolute atomic E-state index is 0. The van der Waals surface area contributed by atoms with Crippen LogP contribution >= 0.6 is 11.3 Å². The first kappa shape index (κ1) is 18.0. The Morgan fingerprint density at radius 2 is 1.76 bits per heavy atom. The van der Waals surface area contributed by atoms with Gasteiger partial charge >= 0.3 is 0 Å². The second kappa shape index (κ2) is 8.42. The maximum atomic E-state index is 12.2. The molecule has 1 heterocycles. The van der Waals surface area contributed by atoms with Crippen molar-refractivity contribution in [1.82, 2.24) is 0 Å². The van der Waals surface area contributed by atoms with Gasteiger partial charge in [0.2, 0.25) is 0 Å². The van der Waals surface area contributed by atoms with E-state index in [2.05, 4.69) is 6.07 Å². The summed E-state index contributed by atoms with van der Waals surface area (Å²) < 4.78 is 0.870. The summed E-state index contributed by atoms with van der Waals surface area (Å²) in [5, 5.41) is 10.3. The van der Waals surface area contributed by atoms with Crippen LogP contribution in [0.4, 0.5) is 0 Å². The van der Waals surface area contributed by atoms with Crippen molar-refractivity contribution in [2.75, 3.05) is 0 Å². The summed E-state index contributed by atoms with van der Waals surface area (Å²) >= 11 is 1.35. The van der Waals surface area contributed by atoms with Gasteiger partial charge in [-0.25, -0.2) is 11.3 Å². The molecule has 3 aromatic rings. The average Bonchev–Trinajstić information content (AvgIpc) is 2.92. The molecule has 1 N–H and O–H groups in total. The Balaban J connectivity index is 0.000000706. The fourth-order valence-corrected chi connectivity index (χ4v) is 2.78. The maximum absolute atomic E-state index is 12.2. The van der Waals surface area contributed by atoms with Gasteiger partial charge < -0.3 is 9.90 Å². The first-order valence-corrected chi connectivity index (χ1v) is 7.30. The zero-order valence-corrected chi connectivity index (χ0v) is 15.6. The number of aromatic hydroxyl groups is 1. The third kappa shape index (κ3) is 4.22. The first-order chi connectivity index (χ1) is 9.74. The summed E-state index contributed by atoms with van der Waals surface area (Å²) in [5.41, 5.74) is 0.657. The molecule has 0 fully saturated rings. The molecule has 0 aliphatic carbocycles. The second-order valence-electron chi connectivity index (χ2n) is 3.93. The Bertz CT molecular complexity index is 720. The standard InChI is InChI=1S/C15H9O2S.C2H6.Y/c16-12-7-6-11-8-14(18-13(11)9-12)15(17)10-4-2-1-3-5-10;1-2;/h1-7,9,16H;1-2H3;/q-1;;. The van der Waals surface area contributed by atoms with Gasteiger partial charge in [-0.2, -0.15) is 0 Å². The van der Waals surface area contributed by atoms with Crippen LogP contribution in [0.5, 0.6) is 5.75 Å². The van der Waals surface area contributed by atoms with Crippen LogP contribution in [-0.4, -0.2) is 10.9 Å². The predicted octanol–water partition coefficient (Wildman–Crippen LogP) is 4.66. The van der Waals surface area contributed by atoms with E-state index in [1.807, 2.05) is 32.0 Å². The molecule has 105 valence electrons. The van der Waals surface area contributed by atoms with Crippen molar-refractivity contribution in [3.8, 4) is 5.75 Å². The van der Waals surface area contributed by atoms with Crippen molar-refractivity contribution in [3.63, 3.8) is 0 Å². The van der Waals surface area contributed by atoms with Gasteiger partial charge in [-0.05, 0) is 21.2 Å². The van der Waals surface area contributed by atoms with E-state index in [0.29, 0.717) is 10.4 Å². The maximum Gasteiger partial charge on any atom is 0.126 e. The van der Waals surface area contributed by atoms with Crippen molar-refractivity contribution in [2.24, 2.45) is 0 Å². The Labute approximate surface area is 153 Å². The molecule has 1 aromatic heterocycles. The number of carbonyl (C=O) groups excluding carboxylic acids is 1. The Morgan fingerprint density at radius 3 is 2.43 bits per heavy atom. The van der Waals surface area contributed by atoms with Crippen LogP contribution < -0.4 is 0 Å². The number of ketones is 1. The molecule has 2 nitrogen and oxygen atoms in total. The first-order valence-electron chi connectivity index (χ1n) is 6.48. The molecule has 4 heteroatoms. The fourth-order valence-electron chi connectivity index (χ4n) is 1.78. The Hall–Kier alpha value is -1.03. The molecule has 0 atom stereocenters. The van der Waals surface area contributed by atoms with Crippen LogP contribution in [0.15, 0.2) is 48.5 Å². The van der Waals surface area contributed by atoms with Crippen molar-refractivity contribution < 1.29 is 42.6 Å². The van der Waals surface area contributed by atoms with Gasteiger partial charge in [-0.1, -0.05) is 50.2 Å². The van der Waals surface area contributed by atoms with E-state index < -0.39 is 0 Å². The molecule has 0 aliphatic heterocycles. The van der Waals surface area contributed by atoms with Gasteiger partial charge in [-0.3, -0.25) is 0 Å². The molecule has 1 radical (unpaired) electrons. The number of fused-ring (bicyclic) bond motifs is 1. The second-order valence-corrected chi connectivity index (χ2v) is 4.98. The number of phenols is 1. The SMILES string of the molecule is CC.O=C(c1ccccc1)c1[c-]c2ccc(O)cc2s1.[Y]. The zero-order chi connectivity index (χ0) is 14.5. The van der Waals surface area contributed by atoms with Crippen molar-refractivity contribution in [3.05, 3.63) is 65.0 Å². The van der Waals surface area contributed by atoms with Gasteiger partial charge in [-0.15, -0.1) is 17.5 Å². The molecule has 0 amide bonds. The molecule has 0 saturated heterocycles. The van der Waals surface area contributed by atoms with E-state index in [1.54, 1.807) is 30.3 Å². The van der Waals surface area contributed by atoms with E-state index in [4.69, 9.17) is 0 Å². The number of hydrogen-bond acceptors (Lipinski definition) is 3. The van der Waals surface area contributed by atoms with Gasteiger partial charge in [0.25, 0.3) is 0 Å². The van der Waals surface area contributed by atoms with Crippen molar-refractivity contribution in [2.45, 2.75) is 13.8 Å². The van der Waals surface area contributed by atoms with E-state index >= 15 is 0 Å². The minimum Gasteiger partial charge on any atom is -0.510 e. The third-order valence-corrected chi connectivity index (χ3v) is 3.72. The number of hydrogen-bond donors (Lipinski definition) is 1. The summed E-state index contributed by atoms with van der Waals surface area (Å²) in [6, 6.07) is 17.2. The van der Waals surface area contributed by atoms with Crippen LogP contribution in [0.3, 0.4) is 0 Å². The molecule has 0 bridgehead atoms. The zero-order valence-electron chi connectivity index (χ0n) is 12.0. The molecular formula is C17H15O2SY-. The molecule has 0 aliphatic rings. The summed E-state index contributed by atoms with van der Waals surface area (Å²) in [5.74, 6) is 0.174. The van der Waals surface area contributed by atoms with Gasteiger partial charge in [0.05, 0.1) is 5.75 Å². The quantitative estimate of drug-likeness (QED) is 0.525. The number of carbonyl (C=O) groups is 1. The van der Waals surface area contributed by atoms with E-state index in [0.717, 1.165) is 10.1 Å². The van der Waals surface area contributed by atoms with Crippen LogP contribution in [0.25, 0.3) is 10.1 Å². The molecule has 0 unspecified atom stereocenters. The summed E-state index contributed by atoms with van der Waals surface area (Å²) in [6.07, 6.45) is 0. The Kier molecular flexibility index (Phi) is 7.23. The van der Waals surface area contributed by atoms with Crippen LogP contribution in [0.1, 0.15) is 29.1 Å². The Morgan fingerprint density at radius 1 is 1.10 bits per heavy atom. The summed E-state index contributed by atoms with van der Waals surface area (Å²) in [6.45, 7) is 4.00. The van der Waals surface area contributed by atoms with Crippen LogP contribution in [0, 0.1) is 6.07 Å². The number of rotatable bonds is 2. The topological polar surface area (TPSA) is 37.3 Å². The van der Waals surface area contributed by atoms with Crippen LogP contribution in [-0.2, 0) is 32.7 Å². The molecule has 0 saturated carbocycles. The molecule has 0 spiro atoms. The smallest absolute Gasteiger partial charge is 0.126 e. The van der Waals surface area contributed by atoms with Crippen molar-refractivity contribution >= 4 is 27.2 Å². The largest absolute Gasteiger partial charge is 0.510 e. The van der Waals surface area contributed by atoms with E-state index in [-0.39, 0.29) is 44.2 Å². The molecule has 21 heavy (non-hydrogen) atoms. The third-order valence-electron chi connectivity index (χ3n) is 2.67. The molecule has 3 rings (SSSR count). The van der Waals surface area contributed by atoms with Gasteiger partial charge in [0.15, 0.2) is 0 Å². The van der Waals surface area contributed by atoms with Gasteiger partial charge in [0.1, 0.15) is 5.78 Å². The summed E-state index contributed by atoms with van der Waals surface area (Å²) in [7, 11) is 0.